The highest BCUT2D eigenvalue weighted by molar-refractivity contribution is 5.82. The van der Waals surface area contributed by atoms with Crippen LogP contribution in [0.25, 0.3) is 0 Å². The van der Waals surface area contributed by atoms with Gasteiger partial charge in [-0.15, -0.1) is 0 Å². The molecule has 4 aliphatic rings. The fraction of sp³-hybridized carbons (Fsp3) is 0.952. The Bertz CT molecular complexity index is 474. The summed E-state index contributed by atoms with van der Waals surface area (Å²) in [4.78, 5) is 0. The van der Waals surface area contributed by atoms with Crippen molar-refractivity contribution in [1.82, 2.24) is 0 Å². The van der Waals surface area contributed by atoms with Crippen molar-refractivity contribution in [2.45, 2.75) is 85.0 Å². The molecule has 22 heavy (non-hydrogen) atoms. The normalized spacial score (nSPS) is 54.2. The molecule has 4 aliphatic carbocycles. The molecule has 1 nitrogen and oxygen atoms in total. The summed E-state index contributed by atoms with van der Waals surface area (Å²) in [5.74, 6) is 4.55. The molecule has 4 fully saturated rings. The van der Waals surface area contributed by atoms with Gasteiger partial charge in [0.1, 0.15) is 0 Å². The molecular formula is C21H37N. The lowest BCUT2D eigenvalue weighted by Gasteiger charge is -2.60. The molecule has 7 atom stereocenters. The summed E-state index contributed by atoms with van der Waals surface area (Å²) >= 11 is 0. The third-order valence-corrected chi connectivity index (χ3v) is 9.11. The SMILES string of the molecule is CC(=N)C1CCC2C3CCC4CCCCC4(C)C3CCC12C.[HH]. The first-order valence-electron chi connectivity index (χ1n) is 10.0. The first-order valence-corrected chi connectivity index (χ1v) is 10.0. The lowest BCUT2D eigenvalue weighted by Crippen LogP contribution is -2.53. The lowest BCUT2D eigenvalue weighted by molar-refractivity contribution is -0.106. The Morgan fingerprint density at radius 1 is 0.864 bits per heavy atom. The van der Waals surface area contributed by atoms with Crippen LogP contribution in [0.5, 0.6) is 0 Å². The molecule has 4 rings (SSSR count). The van der Waals surface area contributed by atoms with Gasteiger partial charge in [0.15, 0.2) is 0 Å². The van der Waals surface area contributed by atoms with Gasteiger partial charge >= 0.3 is 0 Å². The zero-order chi connectivity index (χ0) is 15.5. The van der Waals surface area contributed by atoms with Crippen molar-refractivity contribution in [2.24, 2.45) is 40.4 Å². The van der Waals surface area contributed by atoms with Gasteiger partial charge in [-0.05, 0) is 92.8 Å². The first-order chi connectivity index (χ1) is 10.5. The Labute approximate surface area is 138 Å². The molecule has 4 saturated carbocycles. The highest BCUT2D eigenvalue weighted by Gasteiger charge is 2.59. The van der Waals surface area contributed by atoms with Crippen LogP contribution >= 0.6 is 0 Å². The second kappa shape index (κ2) is 5.08. The molecule has 0 aromatic rings. The second-order valence-electron chi connectivity index (χ2n) is 9.76. The Balaban J connectivity index is 0.00000156. The maximum Gasteiger partial charge on any atom is 0.00946 e. The summed E-state index contributed by atoms with van der Waals surface area (Å²) in [5, 5.41) is 8.26. The number of hydrogen-bond donors (Lipinski definition) is 1. The second-order valence-corrected chi connectivity index (χ2v) is 9.76. The molecule has 0 aromatic heterocycles. The van der Waals surface area contributed by atoms with E-state index in [2.05, 4.69) is 20.8 Å². The standard InChI is InChI=1S/C21H35N.H2/c1-14(22)17-9-10-18-16-8-7-15-6-4-5-12-20(15,2)19(16)11-13-21(17,18)3;/h15-19,22H,4-13H2,1-3H3;1H. The van der Waals surface area contributed by atoms with E-state index in [9.17, 15) is 0 Å². The van der Waals surface area contributed by atoms with E-state index in [0.29, 0.717) is 16.7 Å². The van der Waals surface area contributed by atoms with Crippen molar-refractivity contribution < 1.29 is 1.43 Å². The van der Waals surface area contributed by atoms with Crippen LogP contribution in [0, 0.1) is 45.8 Å². The van der Waals surface area contributed by atoms with Gasteiger partial charge in [-0.25, -0.2) is 0 Å². The van der Waals surface area contributed by atoms with Crippen LogP contribution in [0.3, 0.4) is 0 Å². The summed E-state index contributed by atoms with van der Waals surface area (Å²) in [5.41, 5.74) is 2.10. The van der Waals surface area contributed by atoms with E-state index in [-0.39, 0.29) is 1.43 Å². The highest BCUT2D eigenvalue weighted by Crippen LogP contribution is 2.67. The third kappa shape index (κ3) is 1.93. The fourth-order valence-corrected chi connectivity index (χ4v) is 8.01. The number of nitrogens with one attached hydrogen (secondary N) is 1. The van der Waals surface area contributed by atoms with Crippen molar-refractivity contribution in [3.8, 4) is 0 Å². The minimum Gasteiger partial charge on any atom is -0.310 e. The predicted octanol–water partition coefficient (Wildman–Crippen LogP) is 6.32. The summed E-state index contributed by atoms with van der Waals surface area (Å²) < 4.78 is 0. The van der Waals surface area contributed by atoms with E-state index in [0.717, 1.165) is 29.4 Å². The average Bonchev–Trinajstić information content (AvgIpc) is 2.84. The zero-order valence-electron chi connectivity index (χ0n) is 15.0. The Hall–Kier alpha value is -0.330. The van der Waals surface area contributed by atoms with Crippen LogP contribution in [-0.4, -0.2) is 5.71 Å². The van der Waals surface area contributed by atoms with Crippen LogP contribution in [-0.2, 0) is 0 Å². The average molecular weight is 304 g/mol. The number of rotatable bonds is 1. The van der Waals surface area contributed by atoms with Crippen molar-refractivity contribution in [1.29, 1.82) is 5.41 Å². The maximum absolute atomic E-state index is 8.26. The molecule has 0 radical (unpaired) electrons. The summed E-state index contributed by atoms with van der Waals surface area (Å²) in [7, 11) is 0. The first kappa shape index (κ1) is 15.2. The maximum atomic E-state index is 8.26. The summed E-state index contributed by atoms with van der Waals surface area (Å²) in [6, 6.07) is 0. The minimum atomic E-state index is 0. The monoisotopic (exact) mass is 303 g/mol. The van der Waals surface area contributed by atoms with E-state index < -0.39 is 0 Å². The van der Waals surface area contributed by atoms with Gasteiger partial charge in [0.2, 0.25) is 0 Å². The molecule has 0 bridgehead atoms. The van der Waals surface area contributed by atoms with Gasteiger partial charge in [0.05, 0.1) is 0 Å². The van der Waals surface area contributed by atoms with E-state index in [1.165, 1.54) is 64.2 Å². The predicted molar refractivity (Wildman–Crippen MR) is 95.3 cm³/mol. The molecule has 0 amide bonds. The van der Waals surface area contributed by atoms with E-state index in [1.54, 1.807) is 0 Å². The number of fused-ring (bicyclic) bond motifs is 5. The minimum absolute atomic E-state index is 0. The molecule has 0 aliphatic heterocycles. The van der Waals surface area contributed by atoms with Crippen LogP contribution in [0.15, 0.2) is 0 Å². The van der Waals surface area contributed by atoms with Crippen LogP contribution in [0.2, 0.25) is 0 Å². The molecule has 1 N–H and O–H groups in total. The molecule has 126 valence electrons. The van der Waals surface area contributed by atoms with Gasteiger partial charge < -0.3 is 5.41 Å². The largest absolute Gasteiger partial charge is 0.310 e. The summed E-state index contributed by atoms with van der Waals surface area (Å²) in [6.45, 7) is 7.30. The zero-order valence-corrected chi connectivity index (χ0v) is 15.0. The fourth-order valence-electron chi connectivity index (χ4n) is 8.01. The topological polar surface area (TPSA) is 23.9 Å². The molecule has 7 unspecified atom stereocenters. The Kier molecular flexibility index (Phi) is 3.51. The molecular weight excluding hydrogens is 266 g/mol. The van der Waals surface area contributed by atoms with Crippen molar-refractivity contribution in [2.75, 3.05) is 0 Å². The van der Waals surface area contributed by atoms with Crippen LogP contribution in [0.4, 0.5) is 0 Å². The van der Waals surface area contributed by atoms with Crippen molar-refractivity contribution >= 4 is 5.71 Å². The molecule has 1 heteroatoms. The van der Waals surface area contributed by atoms with Crippen molar-refractivity contribution in [3.63, 3.8) is 0 Å². The van der Waals surface area contributed by atoms with Gasteiger partial charge in [-0.1, -0.05) is 26.7 Å². The Morgan fingerprint density at radius 2 is 1.64 bits per heavy atom. The third-order valence-electron chi connectivity index (χ3n) is 9.11. The van der Waals surface area contributed by atoms with Crippen molar-refractivity contribution in [3.05, 3.63) is 0 Å². The lowest BCUT2D eigenvalue weighted by atomic mass is 9.45. The molecule has 0 spiro atoms. The molecule has 0 saturated heterocycles. The van der Waals surface area contributed by atoms with Gasteiger partial charge in [-0.2, -0.15) is 0 Å². The van der Waals surface area contributed by atoms with Crippen LogP contribution < -0.4 is 0 Å². The van der Waals surface area contributed by atoms with Gasteiger partial charge in [0.25, 0.3) is 0 Å². The van der Waals surface area contributed by atoms with E-state index in [1.807, 2.05) is 0 Å². The van der Waals surface area contributed by atoms with Gasteiger partial charge in [-0.3, -0.25) is 0 Å². The summed E-state index contributed by atoms with van der Waals surface area (Å²) in [6.07, 6.45) is 14.6. The molecule has 0 aromatic carbocycles. The van der Waals surface area contributed by atoms with Crippen LogP contribution in [0.1, 0.15) is 86.4 Å². The smallest absolute Gasteiger partial charge is 0.00946 e. The Morgan fingerprint density at radius 3 is 2.41 bits per heavy atom. The van der Waals surface area contributed by atoms with E-state index >= 15 is 0 Å². The van der Waals surface area contributed by atoms with E-state index in [4.69, 9.17) is 5.41 Å². The van der Waals surface area contributed by atoms with Gasteiger partial charge in [0, 0.05) is 13.1 Å². The number of hydrogen-bond acceptors (Lipinski definition) is 1. The quantitative estimate of drug-likeness (QED) is 0.548. The highest BCUT2D eigenvalue weighted by atomic mass is 14.7. The molecule has 0 heterocycles.